The van der Waals surface area contributed by atoms with Crippen molar-refractivity contribution < 1.29 is 8.42 Å². The summed E-state index contributed by atoms with van der Waals surface area (Å²) in [5.74, 6) is 0. The first-order chi connectivity index (χ1) is 9.02. The largest absolute Gasteiger partial charge is 0.313 e. The molecular formula is C13H29N3O2S. The summed E-state index contributed by atoms with van der Waals surface area (Å²) in [4.78, 5) is 0. The zero-order valence-corrected chi connectivity index (χ0v) is 13.4. The lowest BCUT2D eigenvalue weighted by atomic mass is 10.2. The van der Waals surface area contributed by atoms with Crippen LogP contribution in [0.4, 0.5) is 0 Å². The van der Waals surface area contributed by atoms with Gasteiger partial charge in [0.25, 0.3) is 10.2 Å². The van der Waals surface area contributed by atoms with E-state index in [-0.39, 0.29) is 0 Å². The third-order valence-electron chi connectivity index (χ3n) is 3.61. The van der Waals surface area contributed by atoms with Crippen molar-refractivity contribution >= 4 is 10.2 Å². The maximum absolute atomic E-state index is 12.5. The predicted molar refractivity (Wildman–Crippen MR) is 79.3 cm³/mol. The second-order valence-corrected chi connectivity index (χ2v) is 7.37. The molecule has 0 saturated carbocycles. The highest BCUT2D eigenvalue weighted by Crippen LogP contribution is 2.13. The SMILES string of the molecule is CCCCN(C)S(=O)(=O)N(CCC)CC1CCCN1. The molecule has 19 heavy (non-hydrogen) atoms. The van der Waals surface area contributed by atoms with Crippen LogP contribution in [0.5, 0.6) is 0 Å². The highest BCUT2D eigenvalue weighted by molar-refractivity contribution is 7.86. The number of hydrogen-bond acceptors (Lipinski definition) is 3. The van der Waals surface area contributed by atoms with E-state index < -0.39 is 10.2 Å². The van der Waals surface area contributed by atoms with E-state index >= 15 is 0 Å². The molecule has 6 heteroatoms. The van der Waals surface area contributed by atoms with Crippen LogP contribution in [0.25, 0.3) is 0 Å². The Bertz CT molecular complexity index is 340. The van der Waals surface area contributed by atoms with Crippen LogP contribution in [0.1, 0.15) is 46.0 Å². The first-order valence-electron chi connectivity index (χ1n) is 7.47. The van der Waals surface area contributed by atoms with E-state index in [0.29, 0.717) is 25.7 Å². The summed E-state index contributed by atoms with van der Waals surface area (Å²) in [6, 6.07) is 0.320. The van der Waals surface area contributed by atoms with Gasteiger partial charge in [0.1, 0.15) is 0 Å². The average molecular weight is 291 g/mol. The molecule has 0 radical (unpaired) electrons. The van der Waals surface area contributed by atoms with E-state index in [2.05, 4.69) is 12.2 Å². The van der Waals surface area contributed by atoms with Gasteiger partial charge in [0.2, 0.25) is 0 Å². The Morgan fingerprint density at radius 3 is 2.47 bits per heavy atom. The number of nitrogens with one attached hydrogen (secondary N) is 1. The topological polar surface area (TPSA) is 52.7 Å². The van der Waals surface area contributed by atoms with Gasteiger partial charge in [-0.25, -0.2) is 0 Å². The molecule has 0 spiro atoms. The molecule has 1 N–H and O–H groups in total. The summed E-state index contributed by atoms with van der Waals surface area (Å²) in [6.07, 6.45) is 5.01. The molecule has 0 aliphatic carbocycles. The number of nitrogens with zero attached hydrogens (tertiary/aromatic N) is 2. The van der Waals surface area contributed by atoms with E-state index in [1.807, 2.05) is 6.92 Å². The predicted octanol–water partition coefficient (Wildman–Crippen LogP) is 1.43. The monoisotopic (exact) mass is 291 g/mol. The van der Waals surface area contributed by atoms with Gasteiger partial charge in [-0.05, 0) is 32.2 Å². The Hall–Kier alpha value is -0.170. The molecule has 1 unspecified atom stereocenters. The molecule has 1 aliphatic rings. The molecule has 1 aliphatic heterocycles. The van der Waals surface area contributed by atoms with Crippen molar-refractivity contribution in [2.45, 2.75) is 52.0 Å². The van der Waals surface area contributed by atoms with Crippen LogP contribution in [-0.4, -0.2) is 56.3 Å². The Kier molecular flexibility index (Phi) is 7.28. The van der Waals surface area contributed by atoms with Crippen molar-refractivity contribution in [1.29, 1.82) is 0 Å². The van der Waals surface area contributed by atoms with Crippen LogP contribution in [0, 0.1) is 0 Å². The Morgan fingerprint density at radius 1 is 1.21 bits per heavy atom. The second-order valence-electron chi connectivity index (χ2n) is 5.33. The van der Waals surface area contributed by atoms with Gasteiger partial charge in [-0.2, -0.15) is 17.0 Å². The van der Waals surface area contributed by atoms with Gasteiger partial charge < -0.3 is 5.32 Å². The van der Waals surface area contributed by atoms with Gasteiger partial charge >= 0.3 is 0 Å². The number of unbranched alkanes of at least 4 members (excludes halogenated alkanes) is 1. The lowest BCUT2D eigenvalue weighted by Crippen LogP contribution is -2.47. The highest BCUT2D eigenvalue weighted by atomic mass is 32.2. The molecule has 1 atom stereocenters. The molecule has 1 heterocycles. The van der Waals surface area contributed by atoms with Crippen LogP contribution in [0.15, 0.2) is 0 Å². The minimum atomic E-state index is -3.30. The van der Waals surface area contributed by atoms with Crippen molar-refractivity contribution in [1.82, 2.24) is 13.9 Å². The molecule has 0 amide bonds. The van der Waals surface area contributed by atoms with Gasteiger partial charge in [-0.3, -0.25) is 0 Å². The van der Waals surface area contributed by atoms with Crippen LogP contribution in [0.3, 0.4) is 0 Å². The third kappa shape index (κ3) is 5.02. The minimum Gasteiger partial charge on any atom is -0.313 e. The maximum Gasteiger partial charge on any atom is 0.281 e. The lowest BCUT2D eigenvalue weighted by Gasteiger charge is -2.29. The molecule has 0 aromatic heterocycles. The average Bonchev–Trinajstić information content (AvgIpc) is 2.88. The first kappa shape index (κ1) is 16.9. The van der Waals surface area contributed by atoms with Gasteiger partial charge in [-0.1, -0.05) is 20.3 Å². The number of rotatable bonds is 9. The molecule has 1 saturated heterocycles. The van der Waals surface area contributed by atoms with Crippen molar-refractivity contribution in [3.05, 3.63) is 0 Å². The fourth-order valence-electron chi connectivity index (χ4n) is 2.40. The third-order valence-corrected chi connectivity index (χ3v) is 5.56. The quantitative estimate of drug-likeness (QED) is 0.699. The molecule has 1 rings (SSSR count). The van der Waals surface area contributed by atoms with Gasteiger partial charge in [0.05, 0.1) is 0 Å². The standard InChI is InChI=1S/C13H29N3O2S/c1-4-6-11-15(3)19(17,18)16(10-5-2)12-13-8-7-9-14-13/h13-14H,4-12H2,1-3H3. The van der Waals surface area contributed by atoms with Crippen LogP contribution >= 0.6 is 0 Å². The number of hydrogen-bond donors (Lipinski definition) is 1. The van der Waals surface area contributed by atoms with E-state index in [1.165, 1.54) is 4.31 Å². The van der Waals surface area contributed by atoms with E-state index in [4.69, 9.17) is 0 Å². The Balaban J connectivity index is 2.65. The van der Waals surface area contributed by atoms with Crippen molar-refractivity contribution in [2.24, 2.45) is 0 Å². The zero-order valence-electron chi connectivity index (χ0n) is 12.6. The van der Waals surface area contributed by atoms with Crippen molar-refractivity contribution in [2.75, 3.05) is 33.2 Å². The summed E-state index contributed by atoms with van der Waals surface area (Å²) < 4.78 is 28.2. The van der Waals surface area contributed by atoms with Crippen LogP contribution in [0.2, 0.25) is 0 Å². The summed E-state index contributed by atoms with van der Waals surface area (Å²) in [5, 5.41) is 3.38. The molecule has 0 aromatic rings. The van der Waals surface area contributed by atoms with Crippen LogP contribution in [-0.2, 0) is 10.2 Å². The van der Waals surface area contributed by atoms with Crippen molar-refractivity contribution in [3.8, 4) is 0 Å². The fraction of sp³-hybridized carbons (Fsp3) is 1.00. The minimum absolute atomic E-state index is 0.320. The zero-order chi connectivity index (χ0) is 14.3. The highest BCUT2D eigenvalue weighted by Gasteiger charge is 2.29. The normalized spacial score (nSPS) is 20.6. The van der Waals surface area contributed by atoms with Gasteiger partial charge in [-0.15, -0.1) is 0 Å². The summed E-state index contributed by atoms with van der Waals surface area (Å²) >= 11 is 0. The maximum atomic E-state index is 12.5. The van der Waals surface area contributed by atoms with Crippen LogP contribution < -0.4 is 5.32 Å². The molecule has 1 fully saturated rings. The summed E-state index contributed by atoms with van der Waals surface area (Å²) in [7, 11) is -1.61. The Morgan fingerprint density at radius 2 is 1.95 bits per heavy atom. The summed E-state index contributed by atoms with van der Waals surface area (Å²) in [6.45, 7) is 6.93. The first-order valence-corrected chi connectivity index (χ1v) is 8.86. The van der Waals surface area contributed by atoms with E-state index in [1.54, 1.807) is 11.4 Å². The van der Waals surface area contributed by atoms with E-state index in [9.17, 15) is 8.42 Å². The second kappa shape index (κ2) is 8.19. The lowest BCUT2D eigenvalue weighted by molar-refractivity contribution is 0.331. The smallest absolute Gasteiger partial charge is 0.281 e. The molecule has 114 valence electrons. The van der Waals surface area contributed by atoms with E-state index in [0.717, 1.165) is 38.6 Å². The summed E-state index contributed by atoms with van der Waals surface area (Å²) in [5.41, 5.74) is 0. The van der Waals surface area contributed by atoms with Gasteiger partial charge in [0.15, 0.2) is 0 Å². The fourth-order valence-corrected chi connectivity index (χ4v) is 3.94. The Labute approximate surface area is 118 Å². The molecule has 0 bridgehead atoms. The van der Waals surface area contributed by atoms with Crippen molar-refractivity contribution in [3.63, 3.8) is 0 Å². The molecular weight excluding hydrogens is 262 g/mol. The van der Waals surface area contributed by atoms with Gasteiger partial charge in [0, 0.05) is 32.7 Å². The molecule has 5 nitrogen and oxygen atoms in total. The molecule has 0 aromatic carbocycles.